The molecule has 6 heteroatoms. The van der Waals surface area contributed by atoms with E-state index in [9.17, 15) is 9.59 Å². The second-order valence-corrected chi connectivity index (χ2v) is 4.75. The Labute approximate surface area is 107 Å². The van der Waals surface area contributed by atoms with Crippen molar-refractivity contribution in [3.63, 3.8) is 0 Å². The van der Waals surface area contributed by atoms with E-state index in [1.807, 2.05) is 13.8 Å². The average Bonchev–Trinajstić information content (AvgIpc) is 2.80. The Morgan fingerprint density at radius 2 is 2.17 bits per heavy atom. The van der Waals surface area contributed by atoms with Crippen molar-refractivity contribution in [2.45, 2.75) is 44.9 Å². The summed E-state index contributed by atoms with van der Waals surface area (Å²) in [6.07, 6.45) is 0.994. The summed E-state index contributed by atoms with van der Waals surface area (Å²) >= 11 is 0. The molecule has 0 saturated carbocycles. The molecule has 0 spiro atoms. The van der Waals surface area contributed by atoms with Crippen LogP contribution in [0.1, 0.15) is 26.7 Å². The molecule has 1 saturated heterocycles. The van der Waals surface area contributed by atoms with Gasteiger partial charge in [-0.3, -0.25) is 0 Å². The molecule has 1 aliphatic heterocycles. The van der Waals surface area contributed by atoms with Gasteiger partial charge in [-0.25, -0.2) is 9.59 Å². The third kappa shape index (κ3) is 2.93. The lowest BCUT2D eigenvalue weighted by Gasteiger charge is -2.31. The fourth-order valence-corrected chi connectivity index (χ4v) is 2.08. The van der Waals surface area contributed by atoms with Gasteiger partial charge >= 0.3 is 12.0 Å². The standard InChI is InChI=1S/C12H22N2O4/c1-5-8(2)13(3)12(17)14-7-9(18-4)6-10(14)11(15)16/h8-10H,5-7H2,1-4H3,(H,15,16). The molecule has 6 nitrogen and oxygen atoms in total. The minimum Gasteiger partial charge on any atom is -0.480 e. The first-order chi connectivity index (χ1) is 8.42. The van der Waals surface area contributed by atoms with Crippen LogP contribution in [-0.2, 0) is 9.53 Å². The predicted octanol–water partition coefficient (Wildman–Crippen LogP) is 1.01. The summed E-state index contributed by atoms with van der Waals surface area (Å²) in [5.74, 6) is -0.972. The number of aliphatic carboxylic acids is 1. The maximum Gasteiger partial charge on any atom is 0.326 e. The van der Waals surface area contributed by atoms with E-state index < -0.39 is 12.0 Å². The Bertz CT molecular complexity index is 321. The number of hydrogen-bond acceptors (Lipinski definition) is 3. The topological polar surface area (TPSA) is 70.1 Å². The zero-order chi connectivity index (χ0) is 13.9. The highest BCUT2D eigenvalue weighted by molar-refractivity contribution is 5.83. The molecule has 2 amide bonds. The molecule has 1 N–H and O–H groups in total. The van der Waals surface area contributed by atoms with Crippen molar-refractivity contribution in [2.75, 3.05) is 20.7 Å². The lowest BCUT2D eigenvalue weighted by molar-refractivity contribution is -0.141. The van der Waals surface area contributed by atoms with Crippen LogP contribution in [0.2, 0.25) is 0 Å². The number of nitrogens with zero attached hydrogens (tertiary/aromatic N) is 2. The number of rotatable bonds is 4. The molecule has 0 aliphatic carbocycles. The van der Waals surface area contributed by atoms with Crippen LogP contribution in [0.5, 0.6) is 0 Å². The zero-order valence-corrected chi connectivity index (χ0v) is 11.4. The maximum absolute atomic E-state index is 12.3. The van der Waals surface area contributed by atoms with Gasteiger partial charge in [0.1, 0.15) is 6.04 Å². The molecule has 3 unspecified atom stereocenters. The summed E-state index contributed by atoms with van der Waals surface area (Å²) in [5, 5.41) is 9.16. The van der Waals surface area contributed by atoms with Crippen LogP contribution in [0.25, 0.3) is 0 Å². The van der Waals surface area contributed by atoms with Gasteiger partial charge in [-0.2, -0.15) is 0 Å². The summed E-state index contributed by atoms with van der Waals surface area (Å²) in [6.45, 7) is 4.27. The van der Waals surface area contributed by atoms with Gasteiger partial charge in [0.25, 0.3) is 0 Å². The van der Waals surface area contributed by atoms with E-state index in [0.717, 1.165) is 6.42 Å². The first-order valence-electron chi connectivity index (χ1n) is 6.21. The Hall–Kier alpha value is -1.30. The molecular formula is C12H22N2O4. The summed E-state index contributed by atoms with van der Waals surface area (Å²) in [6, 6.07) is -0.932. The largest absolute Gasteiger partial charge is 0.480 e. The minimum absolute atomic E-state index is 0.0912. The molecule has 1 fully saturated rings. The predicted molar refractivity (Wildman–Crippen MR) is 66.5 cm³/mol. The van der Waals surface area contributed by atoms with Crippen molar-refractivity contribution in [2.24, 2.45) is 0 Å². The number of ether oxygens (including phenoxy) is 1. The molecule has 3 atom stereocenters. The van der Waals surface area contributed by atoms with Crippen LogP contribution in [0, 0.1) is 0 Å². The van der Waals surface area contributed by atoms with E-state index in [0.29, 0.717) is 13.0 Å². The summed E-state index contributed by atoms with van der Waals surface area (Å²) in [5.41, 5.74) is 0. The number of carboxylic acid groups (broad SMARTS) is 1. The third-order valence-electron chi connectivity index (χ3n) is 3.68. The second kappa shape index (κ2) is 6.04. The van der Waals surface area contributed by atoms with Crippen molar-refractivity contribution in [1.82, 2.24) is 9.80 Å². The first-order valence-corrected chi connectivity index (χ1v) is 6.21. The van der Waals surface area contributed by atoms with Crippen molar-refractivity contribution >= 4 is 12.0 Å². The fraction of sp³-hybridized carbons (Fsp3) is 0.833. The highest BCUT2D eigenvalue weighted by Crippen LogP contribution is 2.22. The Balaban J connectivity index is 2.79. The van der Waals surface area contributed by atoms with E-state index in [1.54, 1.807) is 11.9 Å². The monoisotopic (exact) mass is 258 g/mol. The molecular weight excluding hydrogens is 236 g/mol. The molecule has 0 radical (unpaired) electrons. The lowest BCUT2D eigenvalue weighted by atomic mass is 10.2. The number of amides is 2. The van der Waals surface area contributed by atoms with Gasteiger partial charge < -0.3 is 19.6 Å². The van der Waals surface area contributed by atoms with E-state index >= 15 is 0 Å². The van der Waals surface area contributed by atoms with E-state index in [4.69, 9.17) is 9.84 Å². The molecule has 0 aromatic heterocycles. The number of likely N-dealkylation sites (tertiary alicyclic amines) is 1. The van der Waals surface area contributed by atoms with Crippen LogP contribution in [0.15, 0.2) is 0 Å². The smallest absolute Gasteiger partial charge is 0.326 e. The van der Waals surface area contributed by atoms with E-state index in [1.165, 1.54) is 12.0 Å². The van der Waals surface area contributed by atoms with Crippen molar-refractivity contribution in [3.05, 3.63) is 0 Å². The van der Waals surface area contributed by atoms with E-state index in [2.05, 4.69) is 0 Å². The molecule has 0 aromatic carbocycles. The van der Waals surface area contributed by atoms with Crippen molar-refractivity contribution in [1.29, 1.82) is 0 Å². The molecule has 104 valence electrons. The van der Waals surface area contributed by atoms with Gasteiger partial charge in [-0.05, 0) is 13.3 Å². The van der Waals surface area contributed by atoms with Gasteiger partial charge in [0.2, 0.25) is 0 Å². The Morgan fingerprint density at radius 1 is 1.56 bits per heavy atom. The summed E-state index contributed by atoms with van der Waals surface area (Å²) < 4.78 is 5.16. The lowest BCUT2D eigenvalue weighted by Crippen LogP contribution is -2.49. The van der Waals surface area contributed by atoms with Crippen LogP contribution in [0.3, 0.4) is 0 Å². The Kier molecular flexibility index (Phi) is 4.95. The highest BCUT2D eigenvalue weighted by Gasteiger charge is 2.41. The van der Waals surface area contributed by atoms with E-state index in [-0.39, 0.29) is 18.2 Å². The quantitative estimate of drug-likeness (QED) is 0.817. The number of carboxylic acids is 1. The number of carbonyl (C=O) groups excluding carboxylic acids is 1. The maximum atomic E-state index is 12.3. The summed E-state index contributed by atoms with van der Waals surface area (Å²) in [4.78, 5) is 26.4. The van der Waals surface area contributed by atoms with Gasteiger partial charge in [0, 0.05) is 33.2 Å². The SMILES string of the molecule is CCC(C)N(C)C(=O)N1CC(OC)CC1C(=O)O. The van der Waals surface area contributed by atoms with Crippen LogP contribution >= 0.6 is 0 Å². The van der Waals surface area contributed by atoms with Gasteiger partial charge in [-0.1, -0.05) is 6.92 Å². The van der Waals surface area contributed by atoms with Crippen LogP contribution < -0.4 is 0 Å². The van der Waals surface area contributed by atoms with Gasteiger partial charge in [0.15, 0.2) is 0 Å². The van der Waals surface area contributed by atoms with Gasteiger partial charge in [0.05, 0.1) is 6.10 Å². The highest BCUT2D eigenvalue weighted by atomic mass is 16.5. The van der Waals surface area contributed by atoms with Gasteiger partial charge in [-0.15, -0.1) is 0 Å². The number of methoxy groups -OCH3 is 1. The first kappa shape index (κ1) is 14.8. The number of hydrogen-bond donors (Lipinski definition) is 1. The summed E-state index contributed by atoms with van der Waals surface area (Å²) in [7, 11) is 3.24. The fourth-order valence-electron chi connectivity index (χ4n) is 2.08. The molecule has 0 aromatic rings. The minimum atomic E-state index is -0.972. The number of carbonyl (C=O) groups is 2. The molecule has 1 rings (SSSR count). The molecule has 1 aliphatic rings. The number of urea groups is 1. The Morgan fingerprint density at radius 3 is 2.61 bits per heavy atom. The zero-order valence-electron chi connectivity index (χ0n) is 11.4. The average molecular weight is 258 g/mol. The molecule has 0 bridgehead atoms. The molecule has 18 heavy (non-hydrogen) atoms. The van der Waals surface area contributed by atoms with Crippen molar-refractivity contribution in [3.8, 4) is 0 Å². The van der Waals surface area contributed by atoms with Crippen LogP contribution in [-0.4, -0.2) is 65.8 Å². The molecule has 1 heterocycles. The normalized spacial score (nSPS) is 25.0. The second-order valence-electron chi connectivity index (χ2n) is 4.75. The van der Waals surface area contributed by atoms with Crippen LogP contribution in [0.4, 0.5) is 4.79 Å². The van der Waals surface area contributed by atoms with Crippen molar-refractivity contribution < 1.29 is 19.4 Å². The third-order valence-corrected chi connectivity index (χ3v) is 3.68.